The van der Waals surface area contributed by atoms with Crippen LogP contribution in [0.5, 0.6) is 5.75 Å². The Hall–Kier alpha value is -3.62. The maximum Gasteiger partial charge on any atom is 0.325 e. The maximum atomic E-state index is 12.4. The van der Waals surface area contributed by atoms with Crippen LogP contribution in [-0.2, 0) is 11.2 Å². The van der Waals surface area contributed by atoms with Gasteiger partial charge in [0.1, 0.15) is 18.1 Å². The largest absolute Gasteiger partial charge is 0.508 e. The second-order valence-corrected chi connectivity index (χ2v) is 6.76. The number of aromatic hydroxyl groups is 1. The van der Waals surface area contributed by atoms with Gasteiger partial charge in [-0.1, -0.05) is 17.3 Å². The van der Waals surface area contributed by atoms with E-state index in [2.05, 4.69) is 20.7 Å². The number of carbonyl (C=O) groups is 2. The van der Waals surface area contributed by atoms with Crippen LogP contribution in [0.2, 0.25) is 0 Å². The van der Waals surface area contributed by atoms with E-state index < -0.39 is 12.1 Å². The number of aromatic amines is 1. The Labute approximate surface area is 160 Å². The second-order valence-electron chi connectivity index (χ2n) is 6.76. The molecule has 0 bridgehead atoms. The molecule has 1 aliphatic heterocycles. The van der Waals surface area contributed by atoms with E-state index in [0.717, 1.165) is 22.5 Å². The van der Waals surface area contributed by atoms with Crippen molar-refractivity contribution in [2.45, 2.75) is 26.3 Å². The monoisotopic (exact) mass is 381 g/mol. The standard InChI is InChI=1S/C19H19N5O4/c1-10-14(11(2)28-23-10)7-16-15(8-20-22-16)18(12-4-3-5-13(25)6-12)24-9-17(26)21-19(24)27/h3-6,8,18,25H,7,9H2,1-2H3,(H,20,22)(H,21,26,27). The number of H-pyrrole nitrogens is 1. The quantitative estimate of drug-likeness (QED) is 0.580. The minimum Gasteiger partial charge on any atom is -0.508 e. The van der Waals surface area contributed by atoms with Crippen LogP contribution in [0.1, 0.15) is 39.9 Å². The minimum absolute atomic E-state index is 0.0733. The highest BCUT2D eigenvalue weighted by molar-refractivity contribution is 6.02. The van der Waals surface area contributed by atoms with Crippen LogP contribution in [-0.4, -0.2) is 43.8 Å². The lowest BCUT2D eigenvalue weighted by molar-refractivity contribution is -0.118. The summed E-state index contributed by atoms with van der Waals surface area (Å²) in [6, 6.07) is 5.55. The first-order chi connectivity index (χ1) is 13.4. The lowest BCUT2D eigenvalue weighted by Crippen LogP contribution is -2.33. The van der Waals surface area contributed by atoms with Gasteiger partial charge in [-0.25, -0.2) is 4.79 Å². The summed E-state index contributed by atoms with van der Waals surface area (Å²) >= 11 is 0. The number of nitrogens with one attached hydrogen (secondary N) is 2. The maximum absolute atomic E-state index is 12.4. The van der Waals surface area contributed by atoms with Crippen LogP contribution in [0.15, 0.2) is 35.0 Å². The molecule has 3 N–H and O–H groups in total. The van der Waals surface area contributed by atoms with Crippen molar-refractivity contribution in [3.63, 3.8) is 0 Å². The number of imide groups is 1. The third-order valence-corrected chi connectivity index (χ3v) is 4.90. The van der Waals surface area contributed by atoms with Crippen LogP contribution in [0.25, 0.3) is 0 Å². The molecule has 144 valence electrons. The molecule has 1 saturated heterocycles. The summed E-state index contributed by atoms with van der Waals surface area (Å²) in [4.78, 5) is 25.6. The number of hydrogen-bond donors (Lipinski definition) is 3. The fourth-order valence-electron chi connectivity index (χ4n) is 3.52. The van der Waals surface area contributed by atoms with Gasteiger partial charge in [-0.2, -0.15) is 5.10 Å². The lowest BCUT2D eigenvalue weighted by atomic mass is 9.95. The summed E-state index contributed by atoms with van der Waals surface area (Å²) in [6.07, 6.45) is 2.12. The molecule has 4 rings (SSSR count). The predicted octanol–water partition coefficient (Wildman–Crippen LogP) is 1.95. The topological polar surface area (TPSA) is 124 Å². The Morgan fingerprint density at radius 3 is 2.79 bits per heavy atom. The molecule has 1 fully saturated rings. The Bertz CT molecular complexity index is 1030. The van der Waals surface area contributed by atoms with Crippen molar-refractivity contribution in [2.75, 3.05) is 6.54 Å². The number of carbonyl (C=O) groups excluding carboxylic acids is 2. The van der Waals surface area contributed by atoms with E-state index in [1.807, 2.05) is 13.8 Å². The van der Waals surface area contributed by atoms with Crippen LogP contribution in [0.3, 0.4) is 0 Å². The number of rotatable bonds is 5. The number of phenolic OH excluding ortho intramolecular Hbond substituents is 1. The van der Waals surface area contributed by atoms with Gasteiger partial charge in [0.15, 0.2) is 0 Å². The van der Waals surface area contributed by atoms with E-state index in [1.54, 1.807) is 30.5 Å². The Morgan fingerprint density at radius 1 is 1.32 bits per heavy atom. The van der Waals surface area contributed by atoms with Crippen molar-refractivity contribution in [3.8, 4) is 5.75 Å². The highest BCUT2D eigenvalue weighted by Gasteiger charge is 2.36. The van der Waals surface area contributed by atoms with Gasteiger partial charge in [0.25, 0.3) is 0 Å². The molecule has 0 saturated carbocycles. The van der Waals surface area contributed by atoms with Crippen molar-refractivity contribution < 1.29 is 19.2 Å². The third-order valence-electron chi connectivity index (χ3n) is 4.90. The Kier molecular flexibility index (Phi) is 4.34. The van der Waals surface area contributed by atoms with Gasteiger partial charge in [0.2, 0.25) is 5.91 Å². The zero-order chi connectivity index (χ0) is 19.8. The molecular weight excluding hydrogens is 362 g/mol. The zero-order valence-corrected chi connectivity index (χ0v) is 15.4. The first-order valence-corrected chi connectivity index (χ1v) is 8.77. The predicted molar refractivity (Wildman–Crippen MR) is 97.6 cm³/mol. The SMILES string of the molecule is Cc1noc(C)c1Cc1[nH]ncc1C(c1cccc(O)c1)N1CC(=O)NC1=O. The lowest BCUT2D eigenvalue weighted by Gasteiger charge is -2.27. The van der Waals surface area contributed by atoms with Crippen LogP contribution >= 0.6 is 0 Å². The summed E-state index contributed by atoms with van der Waals surface area (Å²) in [5.74, 6) is 0.413. The molecule has 1 atom stereocenters. The molecule has 2 aromatic heterocycles. The van der Waals surface area contributed by atoms with Gasteiger partial charge in [-0.15, -0.1) is 0 Å². The second kappa shape index (κ2) is 6.84. The van der Waals surface area contributed by atoms with E-state index in [4.69, 9.17) is 4.52 Å². The van der Waals surface area contributed by atoms with E-state index in [9.17, 15) is 14.7 Å². The number of hydrogen-bond acceptors (Lipinski definition) is 6. The molecule has 3 amide bonds. The normalized spacial score (nSPS) is 15.1. The molecule has 0 spiro atoms. The van der Waals surface area contributed by atoms with Crippen LogP contribution in [0, 0.1) is 13.8 Å². The number of aryl methyl sites for hydroxylation is 2. The summed E-state index contributed by atoms with van der Waals surface area (Å²) < 4.78 is 5.24. The van der Waals surface area contributed by atoms with Crippen molar-refractivity contribution >= 4 is 11.9 Å². The Balaban J connectivity index is 1.79. The fourth-order valence-corrected chi connectivity index (χ4v) is 3.52. The molecule has 3 aromatic rings. The van der Waals surface area contributed by atoms with Crippen LogP contribution < -0.4 is 5.32 Å². The zero-order valence-electron chi connectivity index (χ0n) is 15.4. The molecule has 0 radical (unpaired) electrons. The number of aromatic nitrogens is 3. The van der Waals surface area contributed by atoms with E-state index in [1.165, 1.54) is 4.90 Å². The number of phenols is 1. The van der Waals surface area contributed by atoms with Gasteiger partial charge in [0, 0.05) is 23.2 Å². The molecule has 0 aliphatic carbocycles. The van der Waals surface area contributed by atoms with Crippen molar-refractivity contribution in [1.82, 2.24) is 25.6 Å². The van der Waals surface area contributed by atoms with Gasteiger partial charge in [-0.3, -0.25) is 15.2 Å². The number of urea groups is 1. The molecule has 1 aliphatic rings. The number of benzene rings is 1. The van der Waals surface area contributed by atoms with Crippen molar-refractivity contribution in [1.29, 1.82) is 0 Å². The first-order valence-electron chi connectivity index (χ1n) is 8.77. The van der Waals surface area contributed by atoms with Gasteiger partial charge >= 0.3 is 6.03 Å². The summed E-state index contributed by atoms with van der Waals surface area (Å²) in [5, 5.41) is 23.4. The summed E-state index contributed by atoms with van der Waals surface area (Å²) in [7, 11) is 0. The molecule has 9 heteroatoms. The highest BCUT2D eigenvalue weighted by atomic mass is 16.5. The first kappa shape index (κ1) is 17.8. The van der Waals surface area contributed by atoms with E-state index >= 15 is 0 Å². The third kappa shape index (κ3) is 3.11. The van der Waals surface area contributed by atoms with E-state index in [0.29, 0.717) is 17.7 Å². The number of amides is 3. The number of nitrogens with zero attached hydrogens (tertiary/aromatic N) is 3. The summed E-state index contributed by atoms with van der Waals surface area (Å²) in [6.45, 7) is 3.63. The fraction of sp³-hybridized carbons (Fsp3) is 0.263. The average Bonchev–Trinajstić information content (AvgIpc) is 3.32. The smallest absolute Gasteiger partial charge is 0.325 e. The molecule has 1 aromatic carbocycles. The minimum atomic E-state index is -0.590. The Morgan fingerprint density at radius 2 is 2.14 bits per heavy atom. The van der Waals surface area contributed by atoms with Gasteiger partial charge in [-0.05, 0) is 31.5 Å². The van der Waals surface area contributed by atoms with Crippen molar-refractivity contribution in [3.05, 3.63) is 64.3 Å². The highest BCUT2D eigenvalue weighted by Crippen LogP contribution is 2.34. The molecule has 3 heterocycles. The van der Waals surface area contributed by atoms with Crippen molar-refractivity contribution in [2.24, 2.45) is 0 Å². The molecule has 9 nitrogen and oxygen atoms in total. The van der Waals surface area contributed by atoms with Gasteiger partial charge in [0.05, 0.1) is 17.9 Å². The molecule has 1 unspecified atom stereocenters. The average molecular weight is 381 g/mol. The summed E-state index contributed by atoms with van der Waals surface area (Å²) in [5.41, 5.74) is 3.89. The molecular formula is C19H19N5O4. The van der Waals surface area contributed by atoms with Gasteiger partial charge < -0.3 is 14.5 Å². The van der Waals surface area contributed by atoms with E-state index in [-0.39, 0.29) is 18.2 Å². The molecule has 28 heavy (non-hydrogen) atoms. The van der Waals surface area contributed by atoms with Crippen LogP contribution in [0.4, 0.5) is 4.79 Å².